The van der Waals surface area contributed by atoms with Crippen molar-refractivity contribution in [2.75, 3.05) is 32.8 Å². The molecular weight excluding hydrogens is 317 g/mol. The van der Waals surface area contributed by atoms with Gasteiger partial charge < -0.3 is 10.4 Å². The SMILES string of the molecule is CC(C)(CO)[C@@H](c1cc(F)cc(F)c1F)N1CCNCC1.Cl. The molecule has 1 aromatic carbocycles. The molecule has 7 heteroatoms. The van der Waals surface area contributed by atoms with E-state index in [1.807, 2.05) is 4.90 Å². The monoisotopic (exact) mass is 338 g/mol. The quantitative estimate of drug-likeness (QED) is 0.828. The molecular formula is C15H22ClF3N2O. The molecule has 1 saturated heterocycles. The third-order valence-corrected chi connectivity index (χ3v) is 3.98. The Labute approximate surface area is 134 Å². The van der Waals surface area contributed by atoms with Crippen LogP contribution in [0.25, 0.3) is 0 Å². The van der Waals surface area contributed by atoms with E-state index in [0.29, 0.717) is 19.2 Å². The minimum atomic E-state index is -1.20. The predicted molar refractivity (Wildman–Crippen MR) is 81.6 cm³/mol. The van der Waals surface area contributed by atoms with E-state index >= 15 is 0 Å². The number of halogens is 4. The van der Waals surface area contributed by atoms with E-state index in [2.05, 4.69) is 5.32 Å². The average molecular weight is 339 g/mol. The van der Waals surface area contributed by atoms with Gasteiger partial charge in [-0.05, 0) is 6.07 Å². The Hall–Kier alpha value is -0.820. The molecule has 0 saturated carbocycles. The molecule has 0 aromatic heterocycles. The molecule has 1 heterocycles. The van der Waals surface area contributed by atoms with Gasteiger partial charge in [0.2, 0.25) is 0 Å². The molecule has 0 radical (unpaired) electrons. The molecule has 0 aliphatic carbocycles. The van der Waals surface area contributed by atoms with Crippen LogP contribution in [-0.4, -0.2) is 42.8 Å². The van der Waals surface area contributed by atoms with E-state index in [4.69, 9.17) is 0 Å². The van der Waals surface area contributed by atoms with Crippen molar-refractivity contribution < 1.29 is 18.3 Å². The Kier molecular flexibility index (Phi) is 6.67. The van der Waals surface area contributed by atoms with Gasteiger partial charge in [0.15, 0.2) is 11.6 Å². The summed E-state index contributed by atoms with van der Waals surface area (Å²) in [5.41, 5.74) is -0.758. The highest BCUT2D eigenvalue weighted by molar-refractivity contribution is 5.85. The maximum absolute atomic E-state index is 14.2. The Morgan fingerprint density at radius 3 is 2.36 bits per heavy atom. The molecule has 3 nitrogen and oxygen atoms in total. The fourth-order valence-corrected chi connectivity index (χ4v) is 2.91. The summed E-state index contributed by atoms with van der Waals surface area (Å²) in [4.78, 5) is 1.96. The maximum atomic E-state index is 14.2. The number of benzene rings is 1. The number of aliphatic hydroxyl groups is 1. The summed E-state index contributed by atoms with van der Waals surface area (Å²) < 4.78 is 41.3. The lowest BCUT2D eigenvalue weighted by molar-refractivity contribution is 0.0281. The fraction of sp³-hybridized carbons (Fsp3) is 0.600. The molecule has 126 valence electrons. The summed E-state index contributed by atoms with van der Waals surface area (Å²) in [5, 5.41) is 12.8. The highest BCUT2D eigenvalue weighted by Gasteiger charge is 2.38. The zero-order valence-electron chi connectivity index (χ0n) is 12.7. The number of hydrogen-bond donors (Lipinski definition) is 2. The van der Waals surface area contributed by atoms with Crippen LogP contribution in [0.5, 0.6) is 0 Å². The molecule has 1 atom stereocenters. The number of piperazine rings is 1. The van der Waals surface area contributed by atoms with Gasteiger partial charge in [0.25, 0.3) is 0 Å². The molecule has 1 aromatic rings. The number of nitrogens with zero attached hydrogens (tertiary/aromatic N) is 1. The highest BCUT2D eigenvalue weighted by Crippen LogP contribution is 2.40. The lowest BCUT2D eigenvalue weighted by Crippen LogP contribution is -2.49. The zero-order chi connectivity index (χ0) is 15.6. The van der Waals surface area contributed by atoms with Crippen LogP contribution in [0, 0.1) is 22.9 Å². The van der Waals surface area contributed by atoms with Crippen LogP contribution >= 0.6 is 12.4 Å². The highest BCUT2D eigenvalue weighted by atomic mass is 35.5. The van der Waals surface area contributed by atoms with Crippen LogP contribution in [0.1, 0.15) is 25.5 Å². The van der Waals surface area contributed by atoms with Crippen molar-refractivity contribution >= 4 is 12.4 Å². The number of nitrogens with one attached hydrogen (secondary N) is 1. The van der Waals surface area contributed by atoms with E-state index in [-0.39, 0.29) is 24.6 Å². The van der Waals surface area contributed by atoms with Crippen molar-refractivity contribution in [3.05, 3.63) is 35.1 Å². The number of aliphatic hydroxyl groups excluding tert-OH is 1. The Morgan fingerprint density at radius 1 is 1.23 bits per heavy atom. The van der Waals surface area contributed by atoms with Crippen LogP contribution in [0.4, 0.5) is 13.2 Å². The molecule has 1 fully saturated rings. The lowest BCUT2D eigenvalue weighted by atomic mass is 9.79. The standard InChI is InChI=1S/C15H21F3N2O.ClH/c1-15(2,9-21)14(20-5-3-19-4-6-20)11-7-10(16)8-12(17)13(11)18;/h7-8,14,19,21H,3-6,9H2,1-2H3;1H/t14-;/m1./s1. The summed E-state index contributed by atoms with van der Waals surface area (Å²) in [7, 11) is 0. The largest absolute Gasteiger partial charge is 0.396 e. The predicted octanol–water partition coefficient (Wildman–Crippen LogP) is 2.49. The van der Waals surface area contributed by atoms with Gasteiger partial charge in [-0.2, -0.15) is 0 Å². The fourth-order valence-electron chi connectivity index (χ4n) is 2.91. The van der Waals surface area contributed by atoms with Crippen LogP contribution < -0.4 is 5.32 Å². The van der Waals surface area contributed by atoms with E-state index in [0.717, 1.165) is 19.2 Å². The summed E-state index contributed by atoms with van der Waals surface area (Å²) in [6.07, 6.45) is 0. The first-order valence-electron chi connectivity index (χ1n) is 7.07. The van der Waals surface area contributed by atoms with Crippen LogP contribution in [0.3, 0.4) is 0 Å². The van der Waals surface area contributed by atoms with Crippen LogP contribution in [0.15, 0.2) is 12.1 Å². The summed E-state index contributed by atoms with van der Waals surface area (Å²) in [5.74, 6) is -3.04. The first-order valence-corrected chi connectivity index (χ1v) is 7.07. The summed E-state index contributed by atoms with van der Waals surface area (Å²) >= 11 is 0. The van der Waals surface area contributed by atoms with Gasteiger partial charge in [-0.25, -0.2) is 13.2 Å². The first-order chi connectivity index (χ1) is 9.86. The third kappa shape index (κ3) is 3.93. The Bertz CT molecular complexity index is 508. The second-order valence-electron chi connectivity index (χ2n) is 6.13. The van der Waals surface area contributed by atoms with E-state index in [1.54, 1.807) is 13.8 Å². The third-order valence-electron chi connectivity index (χ3n) is 3.98. The molecule has 0 bridgehead atoms. The van der Waals surface area contributed by atoms with Gasteiger partial charge in [-0.3, -0.25) is 4.90 Å². The second-order valence-corrected chi connectivity index (χ2v) is 6.13. The van der Waals surface area contributed by atoms with E-state index in [9.17, 15) is 18.3 Å². The summed E-state index contributed by atoms with van der Waals surface area (Å²) in [6, 6.07) is 0.983. The van der Waals surface area contributed by atoms with Gasteiger partial charge in [-0.15, -0.1) is 12.4 Å². The molecule has 1 aliphatic heterocycles. The molecule has 2 rings (SSSR count). The lowest BCUT2D eigenvalue weighted by Gasteiger charge is -2.43. The molecule has 1 aliphatic rings. The molecule has 0 amide bonds. The molecule has 22 heavy (non-hydrogen) atoms. The van der Waals surface area contributed by atoms with Gasteiger partial charge in [0.05, 0.1) is 0 Å². The minimum Gasteiger partial charge on any atom is -0.396 e. The van der Waals surface area contributed by atoms with Crippen molar-refractivity contribution in [1.29, 1.82) is 0 Å². The second kappa shape index (κ2) is 7.64. The molecule has 2 N–H and O–H groups in total. The molecule has 0 spiro atoms. The normalized spacial score (nSPS) is 17.9. The van der Waals surface area contributed by atoms with Gasteiger partial charge >= 0.3 is 0 Å². The minimum absolute atomic E-state index is 0. The number of hydrogen-bond acceptors (Lipinski definition) is 3. The van der Waals surface area contributed by atoms with Crippen LogP contribution in [-0.2, 0) is 0 Å². The first kappa shape index (κ1) is 19.2. The van der Waals surface area contributed by atoms with Gasteiger partial charge in [0, 0.05) is 55.9 Å². The van der Waals surface area contributed by atoms with Crippen LogP contribution in [0.2, 0.25) is 0 Å². The zero-order valence-corrected chi connectivity index (χ0v) is 13.5. The number of rotatable bonds is 4. The van der Waals surface area contributed by atoms with Crippen molar-refractivity contribution in [3.8, 4) is 0 Å². The topological polar surface area (TPSA) is 35.5 Å². The molecule has 0 unspecified atom stereocenters. The van der Waals surface area contributed by atoms with E-state index < -0.39 is 28.9 Å². The Balaban J connectivity index is 0.00000242. The smallest absolute Gasteiger partial charge is 0.163 e. The van der Waals surface area contributed by atoms with Crippen molar-refractivity contribution in [2.45, 2.75) is 19.9 Å². The van der Waals surface area contributed by atoms with Gasteiger partial charge in [0.1, 0.15) is 5.82 Å². The van der Waals surface area contributed by atoms with Crippen molar-refractivity contribution in [3.63, 3.8) is 0 Å². The summed E-state index contributed by atoms with van der Waals surface area (Å²) in [6.45, 7) is 6.02. The Morgan fingerprint density at radius 2 is 1.82 bits per heavy atom. The van der Waals surface area contributed by atoms with Crippen molar-refractivity contribution in [1.82, 2.24) is 10.2 Å². The van der Waals surface area contributed by atoms with Gasteiger partial charge in [-0.1, -0.05) is 13.8 Å². The maximum Gasteiger partial charge on any atom is 0.163 e. The van der Waals surface area contributed by atoms with Crippen molar-refractivity contribution in [2.24, 2.45) is 5.41 Å². The van der Waals surface area contributed by atoms with E-state index in [1.165, 1.54) is 0 Å². The average Bonchev–Trinajstić information content (AvgIpc) is 2.45.